The number of nitrogens with zero attached hydrogens (tertiary/aromatic N) is 1. The summed E-state index contributed by atoms with van der Waals surface area (Å²) in [5.74, 6) is -0.609. The average molecular weight is 504 g/mol. The largest absolute Gasteiger partial charge is 0.495 e. The molecule has 3 aromatic carbocycles. The number of carbonyl (C=O) groups excluding carboxylic acids is 2. The molecule has 2 unspecified atom stereocenters. The molecule has 1 aromatic heterocycles. The first-order valence-corrected chi connectivity index (χ1v) is 12.0. The molecule has 1 aliphatic heterocycles. The van der Waals surface area contributed by atoms with Gasteiger partial charge in [0.2, 0.25) is 5.91 Å². The Bertz CT molecular complexity index is 1430. The minimum Gasteiger partial charge on any atom is -0.495 e. The number of hydrogen-bond donors (Lipinski definition) is 2. The number of carbonyl (C=O) groups is 2. The Balaban J connectivity index is 1.68. The molecule has 2 amide bonds. The van der Waals surface area contributed by atoms with E-state index in [9.17, 15) is 9.59 Å². The number of ether oxygens (including phenoxy) is 2. The van der Waals surface area contributed by atoms with Crippen LogP contribution in [0.15, 0.2) is 72.9 Å². The zero-order chi connectivity index (χ0) is 25.2. The van der Waals surface area contributed by atoms with Crippen molar-refractivity contribution < 1.29 is 19.1 Å². The molecular formula is C28H26ClN3O4. The maximum absolute atomic E-state index is 14.1. The minimum absolute atomic E-state index is 0.137. The fourth-order valence-corrected chi connectivity index (χ4v) is 5.16. The number of nitrogens with one attached hydrogen (secondary N) is 2. The maximum Gasteiger partial charge on any atom is 0.254 e. The van der Waals surface area contributed by atoms with Gasteiger partial charge in [0.05, 0.1) is 31.4 Å². The van der Waals surface area contributed by atoms with Gasteiger partial charge in [-0.3, -0.25) is 9.59 Å². The van der Waals surface area contributed by atoms with E-state index in [-0.39, 0.29) is 11.8 Å². The predicted octanol–water partition coefficient (Wildman–Crippen LogP) is 5.40. The van der Waals surface area contributed by atoms with Gasteiger partial charge in [0.1, 0.15) is 5.75 Å². The van der Waals surface area contributed by atoms with Gasteiger partial charge in [0.15, 0.2) is 0 Å². The lowest BCUT2D eigenvalue weighted by atomic mass is 9.79. The highest BCUT2D eigenvalue weighted by atomic mass is 35.5. The van der Waals surface area contributed by atoms with Crippen molar-refractivity contribution in [3.05, 3.63) is 94.6 Å². The van der Waals surface area contributed by atoms with E-state index >= 15 is 0 Å². The first kappa shape index (κ1) is 23.9. The molecule has 0 aliphatic carbocycles. The van der Waals surface area contributed by atoms with Gasteiger partial charge < -0.3 is 24.7 Å². The lowest BCUT2D eigenvalue weighted by Gasteiger charge is -2.41. The highest BCUT2D eigenvalue weighted by Crippen LogP contribution is 2.45. The molecule has 0 bridgehead atoms. The van der Waals surface area contributed by atoms with Crippen LogP contribution in [0.4, 0.5) is 5.69 Å². The third-order valence-electron chi connectivity index (χ3n) is 6.62. The van der Waals surface area contributed by atoms with Crippen LogP contribution < -0.4 is 10.1 Å². The van der Waals surface area contributed by atoms with Gasteiger partial charge in [-0.1, -0.05) is 48.0 Å². The van der Waals surface area contributed by atoms with Gasteiger partial charge in [-0.05, 0) is 35.9 Å². The van der Waals surface area contributed by atoms with Crippen molar-refractivity contribution in [3.63, 3.8) is 0 Å². The van der Waals surface area contributed by atoms with Crippen LogP contribution >= 0.6 is 11.6 Å². The third kappa shape index (κ3) is 4.21. The summed E-state index contributed by atoms with van der Waals surface area (Å²) in [5.41, 5.74) is 3.43. The van der Waals surface area contributed by atoms with Gasteiger partial charge >= 0.3 is 0 Å². The molecule has 184 valence electrons. The summed E-state index contributed by atoms with van der Waals surface area (Å²) >= 11 is 6.22. The molecule has 5 rings (SSSR count). The van der Waals surface area contributed by atoms with Gasteiger partial charge in [-0.25, -0.2) is 0 Å². The van der Waals surface area contributed by atoms with Gasteiger partial charge in [0.25, 0.3) is 5.91 Å². The second-order valence-corrected chi connectivity index (χ2v) is 9.06. The first-order valence-electron chi connectivity index (χ1n) is 11.6. The van der Waals surface area contributed by atoms with Crippen molar-refractivity contribution in [1.29, 1.82) is 0 Å². The summed E-state index contributed by atoms with van der Waals surface area (Å²) in [6.45, 7) is 0.668. The van der Waals surface area contributed by atoms with E-state index in [1.807, 2.05) is 48.7 Å². The van der Waals surface area contributed by atoms with Crippen molar-refractivity contribution in [1.82, 2.24) is 9.88 Å². The number of hydrogen-bond acceptors (Lipinski definition) is 4. The van der Waals surface area contributed by atoms with Crippen molar-refractivity contribution >= 4 is 40.0 Å². The van der Waals surface area contributed by atoms with E-state index < -0.39 is 12.0 Å². The van der Waals surface area contributed by atoms with Crippen molar-refractivity contribution in [3.8, 4) is 5.75 Å². The summed E-state index contributed by atoms with van der Waals surface area (Å²) in [4.78, 5) is 32.8. The third-order valence-corrected chi connectivity index (χ3v) is 6.85. The minimum atomic E-state index is -0.696. The normalized spacial score (nSPS) is 17.2. The smallest absolute Gasteiger partial charge is 0.254 e. The lowest BCUT2D eigenvalue weighted by Crippen LogP contribution is -2.47. The molecule has 36 heavy (non-hydrogen) atoms. The second kappa shape index (κ2) is 10.0. The lowest BCUT2D eigenvalue weighted by molar-refractivity contribution is -0.119. The van der Waals surface area contributed by atoms with Crippen LogP contribution in [-0.4, -0.2) is 49.1 Å². The maximum atomic E-state index is 14.1. The van der Waals surface area contributed by atoms with E-state index in [1.54, 1.807) is 36.3 Å². The van der Waals surface area contributed by atoms with E-state index in [0.717, 1.165) is 16.5 Å². The molecule has 2 heterocycles. The quantitative estimate of drug-likeness (QED) is 0.354. The second-order valence-electron chi connectivity index (χ2n) is 8.62. The van der Waals surface area contributed by atoms with E-state index in [4.69, 9.17) is 21.1 Å². The van der Waals surface area contributed by atoms with Gasteiger partial charge in [-0.15, -0.1) is 0 Å². The zero-order valence-corrected chi connectivity index (χ0v) is 20.7. The fraction of sp³-hybridized carbons (Fsp3) is 0.214. The van der Waals surface area contributed by atoms with Crippen LogP contribution in [0.3, 0.4) is 0 Å². The molecule has 1 aliphatic rings. The topological polar surface area (TPSA) is 83.7 Å². The van der Waals surface area contributed by atoms with Crippen LogP contribution in [0.25, 0.3) is 10.9 Å². The Morgan fingerprint density at radius 2 is 1.83 bits per heavy atom. The number of para-hydroxylation sites is 1. The summed E-state index contributed by atoms with van der Waals surface area (Å²) in [7, 11) is 3.13. The molecule has 8 heteroatoms. The molecule has 0 fully saturated rings. The fourth-order valence-electron chi connectivity index (χ4n) is 4.98. The molecule has 0 saturated carbocycles. The Labute approximate surface area is 214 Å². The highest BCUT2D eigenvalue weighted by Gasteiger charge is 2.45. The predicted molar refractivity (Wildman–Crippen MR) is 140 cm³/mol. The number of halogens is 1. The monoisotopic (exact) mass is 503 g/mol. The van der Waals surface area contributed by atoms with Gasteiger partial charge in [-0.2, -0.15) is 0 Å². The number of aromatic amines is 1. The summed E-state index contributed by atoms with van der Waals surface area (Å²) in [6.07, 6.45) is 1.89. The Morgan fingerprint density at radius 3 is 2.64 bits per heavy atom. The van der Waals surface area contributed by atoms with Crippen LogP contribution in [-0.2, 0) is 9.53 Å². The Hall–Kier alpha value is -3.81. The average Bonchev–Trinajstić information content (AvgIpc) is 3.32. The number of H-pyrrole nitrogens is 1. The summed E-state index contributed by atoms with van der Waals surface area (Å²) in [5, 5.41) is 4.44. The molecule has 4 aromatic rings. The van der Waals surface area contributed by atoms with E-state index in [0.29, 0.717) is 40.7 Å². The standard InChI is InChI=1S/C28H26ClN3O4/c1-35-14-13-32-26(21-16-30-22-10-6-5-7-18(21)22)25(19-8-3-4-9-20(19)28(32)34)27(33)31-23-15-17(29)11-12-24(23)36-2/h3-12,15-16,25-26,30H,13-14H2,1-2H3,(H,31,33). The van der Waals surface area contributed by atoms with Crippen LogP contribution in [0, 0.1) is 0 Å². The van der Waals surface area contributed by atoms with Crippen LogP contribution in [0.5, 0.6) is 5.75 Å². The Kier molecular flexibility index (Phi) is 6.67. The zero-order valence-electron chi connectivity index (χ0n) is 20.0. The number of rotatable bonds is 7. The van der Waals surface area contributed by atoms with Crippen LogP contribution in [0.2, 0.25) is 5.02 Å². The van der Waals surface area contributed by atoms with E-state index in [2.05, 4.69) is 10.3 Å². The molecule has 0 radical (unpaired) electrons. The molecular weight excluding hydrogens is 478 g/mol. The number of anilines is 1. The molecule has 2 atom stereocenters. The molecule has 0 saturated heterocycles. The van der Waals surface area contributed by atoms with Crippen molar-refractivity contribution in [2.75, 3.05) is 32.7 Å². The molecule has 0 spiro atoms. The summed E-state index contributed by atoms with van der Waals surface area (Å²) in [6, 6.07) is 19.6. The molecule has 7 nitrogen and oxygen atoms in total. The summed E-state index contributed by atoms with van der Waals surface area (Å²) < 4.78 is 10.8. The first-order chi connectivity index (χ1) is 17.5. The Morgan fingerprint density at radius 1 is 1.06 bits per heavy atom. The number of fused-ring (bicyclic) bond motifs is 2. The van der Waals surface area contributed by atoms with E-state index in [1.165, 1.54) is 7.11 Å². The number of aromatic nitrogens is 1. The highest BCUT2D eigenvalue weighted by molar-refractivity contribution is 6.31. The van der Waals surface area contributed by atoms with Crippen LogP contribution in [0.1, 0.15) is 33.4 Å². The SMILES string of the molecule is COCCN1C(=O)c2ccccc2C(C(=O)Nc2cc(Cl)ccc2OC)C1c1c[nH]c2ccccc12. The number of methoxy groups -OCH3 is 2. The number of amides is 2. The van der Waals surface area contributed by atoms with Crippen molar-refractivity contribution in [2.45, 2.75) is 12.0 Å². The van der Waals surface area contributed by atoms with Gasteiger partial charge in [0, 0.05) is 46.9 Å². The molecule has 2 N–H and O–H groups in total. The number of benzene rings is 3. The van der Waals surface area contributed by atoms with Crippen molar-refractivity contribution in [2.24, 2.45) is 0 Å².